The average Bonchev–Trinajstić information content (AvgIpc) is 2.58. The second-order valence-electron chi connectivity index (χ2n) is 6.19. The maximum absolute atomic E-state index is 12.2. The lowest BCUT2D eigenvalue weighted by molar-refractivity contribution is -0.169. The molecule has 0 aromatic rings. The Morgan fingerprint density at radius 2 is 2.10 bits per heavy atom. The maximum atomic E-state index is 12.2. The minimum atomic E-state index is -0.961. The highest BCUT2D eigenvalue weighted by atomic mass is 32.2. The van der Waals surface area contributed by atoms with Crippen LogP contribution >= 0.6 is 11.8 Å². The minimum absolute atomic E-state index is 0.185. The van der Waals surface area contributed by atoms with Crippen LogP contribution in [0.4, 0.5) is 0 Å². The van der Waals surface area contributed by atoms with Crippen molar-refractivity contribution in [1.29, 1.82) is 0 Å². The molecule has 0 spiro atoms. The molecule has 2 heterocycles. The lowest BCUT2D eigenvalue weighted by Crippen LogP contribution is -2.65. The van der Waals surface area contributed by atoms with Crippen LogP contribution in [0.3, 0.4) is 0 Å². The molecular weight excluding hydrogens is 278 g/mol. The maximum Gasteiger partial charge on any atom is 0.327 e. The average molecular weight is 301 g/mol. The van der Waals surface area contributed by atoms with Crippen molar-refractivity contribution in [3.05, 3.63) is 0 Å². The third kappa shape index (κ3) is 2.44. The first-order chi connectivity index (χ1) is 9.31. The molecule has 20 heavy (non-hydrogen) atoms. The number of thioether (sulfide) groups is 1. The molecule has 0 aromatic heterocycles. The second kappa shape index (κ2) is 5.56. The lowest BCUT2D eigenvalue weighted by Gasteiger charge is -2.45. The molecule has 6 heteroatoms. The fourth-order valence-electron chi connectivity index (χ4n) is 3.18. The van der Waals surface area contributed by atoms with Crippen LogP contribution in [-0.4, -0.2) is 49.3 Å². The first kappa shape index (κ1) is 15.6. The third-order valence-electron chi connectivity index (χ3n) is 4.23. The van der Waals surface area contributed by atoms with Gasteiger partial charge in [0.15, 0.2) is 0 Å². The number of unbranched alkanes of at least 4 members (excludes halogenated alkanes) is 2. The van der Waals surface area contributed by atoms with Gasteiger partial charge in [-0.25, -0.2) is 4.79 Å². The Morgan fingerprint density at radius 1 is 1.45 bits per heavy atom. The van der Waals surface area contributed by atoms with Gasteiger partial charge >= 0.3 is 5.97 Å². The van der Waals surface area contributed by atoms with Crippen molar-refractivity contribution in [2.24, 2.45) is 5.92 Å². The Labute approximate surface area is 123 Å². The number of carboxylic acid groups (broad SMARTS) is 1. The van der Waals surface area contributed by atoms with Gasteiger partial charge in [-0.3, -0.25) is 4.79 Å². The summed E-state index contributed by atoms with van der Waals surface area (Å²) in [6.45, 7) is 5.79. The smallest absolute Gasteiger partial charge is 0.327 e. The van der Waals surface area contributed by atoms with E-state index in [2.05, 4.69) is 6.92 Å². The fraction of sp³-hybridized carbons (Fsp3) is 0.857. The van der Waals surface area contributed by atoms with Crippen molar-refractivity contribution in [3.8, 4) is 0 Å². The molecule has 2 N–H and O–H groups in total. The summed E-state index contributed by atoms with van der Waals surface area (Å²) in [6, 6.07) is -0.788. The highest BCUT2D eigenvalue weighted by Gasteiger charge is 2.64. The second-order valence-corrected chi connectivity index (χ2v) is 7.96. The largest absolute Gasteiger partial charge is 0.480 e. The topological polar surface area (TPSA) is 77.8 Å². The molecule has 5 nitrogen and oxygen atoms in total. The zero-order chi connectivity index (χ0) is 15.1. The molecule has 0 saturated carbocycles. The number of aliphatic carboxylic acids is 1. The molecular formula is C14H23NO4S. The Morgan fingerprint density at radius 3 is 2.65 bits per heavy atom. The van der Waals surface area contributed by atoms with Crippen LogP contribution in [0.5, 0.6) is 0 Å². The molecule has 2 saturated heterocycles. The number of carbonyl (C=O) groups is 2. The van der Waals surface area contributed by atoms with Gasteiger partial charge in [-0.1, -0.05) is 26.2 Å². The van der Waals surface area contributed by atoms with Gasteiger partial charge in [0.2, 0.25) is 5.91 Å². The Balaban J connectivity index is 2.05. The minimum Gasteiger partial charge on any atom is -0.480 e. The molecule has 0 bridgehead atoms. The number of carboxylic acids is 1. The number of aliphatic hydroxyl groups excluding tert-OH is 1. The van der Waals surface area contributed by atoms with E-state index in [9.17, 15) is 19.8 Å². The number of β-lactam (4-membered cyclic amide) rings is 1. The van der Waals surface area contributed by atoms with Crippen LogP contribution in [0.2, 0.25) is 0 Å². The van der Waals surface area contributed by atoms with E-state index >= 15 is 0 Å². The number of amides is 1. The molecule has 114 valence electrons. The van der Waals surface area contributed by atoms with Crippen molar-refractivity contribution in [3.63, 3.8) is 0 Å². The van der Waals surface area contributed by atoms with E-state index < -0.39 is 28.8 Å². The molecule has 0 radical (unpaired) electrons. The molecule has 2 aliphatic heterocycles. The van der Waals surface area contributed by atoms with Crippen LogP contribution in [0, 0.1) is 5.92 Å². The van der Waals surface area contributed by atoms with E-state index in [1.54, 1.807) is 0 Å². The Hall–Kier alpha value is -0.750. The number of carbonyl (C=O) groups excluding carboxylic acids is 1. The molecule has 2 fully saturated rings. The van der Waals surface area contributed by atoms with Crippen molar-refractivity contribution >= 4 is 23.6 Å². The Kier molecular flexibility index (Phi) is 4.35. The summed E-state index contributed by atoms with van der Waals surface area (Å²) >= 11 is 1.50. The van der Waals surface area contributed by atoms with E-state index in [0.717, 1.165) is 19.3 Å². The standard InChI is InChI=1S/C14H23NO4S/c1-4-5-6-7-8(16)9-11(17)15-10(13(18)19)14(2,3)20-12(9)15/h8-10,12,16H,4-7H2,1-3H3,(H,18,19)/t8?,9-,10+,12-/m1/s1. The van der Waals surface area contributed by atoms with Crippen LogP contribution < -0.4 is 0 Å². The molecule has 2 aliphatic rings. The molecule has 4 atom stereocenters. The SMILES string of the molecule is CCCCCC(O)[C@@H]1C(=O)N2[C@@H]1SC(C)(C)[C@@H]2C(=O)O. The summed E-state index contributed by atoms with van der Waals surface area (Å²) in [5.74, 6) is -1.60. The van der Waals surface area contributed by atoms with Crippen LogP contribution in [0.25, 0.3) is 0 Å². The van der Waals surface area contributed by atoms with E-state index in [-0.39, 0.29) is 11.3 Å². The van der Waals surface area contributed by atoms with Crippen LogP contribution in [-0.2, 0) is 9.59 Å². The summed E-state index contributed by atoms with van der Waals surface area (Å²) < 4.78 is -0.510. The predicted molar refractivity (Wildman–Crippen MR) is 77.4 cm³/mol. The highest BCUT2D eigenvalue weighted by Crippen LogP contribution is 2.54. The van der Waals surface area contributed by atoms with Crippen molar-refractivity contribution in [1.82, 2.24) is 4.90 Å². The van der Waals surface area contributed by atoms with Gasteiger partial charge in [-0.05, 0) is 20.3 Å². The van der Waals surface area contributed by atoms with Crippen molar-refractivity contribution < 1.29 is 19.8 Å². The van der Waals surface area contributed by atoms with Gasteiger partial charge in [-0.15, -0.1) is 11.8 Å². The number of fused-ring (bicyclic) bond motifs is 1. The lowest BCUT2D eigenvalue weighted by atomic mass is 9.86. The van der Waals surface area contributed by atoms with E-state index in [4.69, 9.17) is 0 Å². The van der Waals surface area contributed by atoms with E-state index in [1.165, 1.54) is 16.7 Å². The number of hydrogen-bond donors (Lipinski definition) is 2. The van der Waals surface area contributed by atoms with Crippen LogP contribution in [0.1, 0.15) is 46.5 Å². The summed E-state index contributed by atoms with van der Waals surface area (Å²) in [5.41, 5.74) is 0. The van der Waals surface area contributed by atoms with Gasteiger partial charge in [0.1, 0.15) is 6.04 Å². The van der Waals surface area contributed by atoms with Crippen molar-refractivity contribution in [2.45, 2.75) is 68.7 Å². The normalized spacial score (nSPS) is 32.7. The Bertz CT molecular complexity index is 412. The monoisotopic (exact) mass is 301 g/mol. The summed E-state index contributed by atoms with van der Waals surface area (Å²) in [4.78, 5) is 25.0. The number of nitrogens with zero attached hydrogens (tertiary/aromatic N) is 1. The molecule has 0 aromatic carbocycles. The van der Waals surface area contributed by atoms with Crippen LogP contribution in [0.15, 0.2) is 0 Å². The predicted octanol–water partition coefficient (Wildman–Crippen LogP) is 1.69. The quantitative estimate of drug-likeness (QED) is 0.576. The number of rotatable bonds is 6. The van der Waals surface area contributed by atoms with Gasteiger partial charge in [0.25, 0.3) is 0 Å². The zero-order valence-corrected chi connectivity index (χ0v) is 13.0. The number of hydrogen-bond acceptors (Lipinski definition) is 4. The van der Waals surface area contributed by atoms with E-state index in [0.29, 0.717) is 6.42 Å². The first-order valence-electron chi connectivity index (χ1n) is 7.22. The third-order valence-corrected chi connectivity index (χ3v) is 5.83. The van der Waals surface area contributed by atoms with Gasteiger partial charge in [0.05, 0.1) is 17.4 Å². The van der Waals surface area contributed by atoms with Gasteiger partial charge in [0, 0.05) is 4.75 Å². The number of aliphatic hydroxyl groups is 1. The van der Waals surface area contributed by atoms with Gasteiger partial charge < -0.3 is 15.1 Å². The van der Waals surface area contributed by atoms with Crippen molar-refractivity contribution in [2.75, 3.05) is 0 Å². The zero-order valence-electron chi connectivity index (χ0n) is 12.2. The first-order valence-corrected chi connectivity index (χ1v) is 8.10. The fourth-order valence-corrected chi connectivity index (χ4v) is 4.93. The molecule has 2 rings (SSSR count). The molecule has 1 unspecified atom stereocenters. The summed E-state index contributed by atoms with van der Waals surface area (Å²) in [5, 5.41) is 19.3. The highest BCUT2D eigenvalue weighted by molar-refractivity contribution is 8.01. The van der Waals surface area contributed by atoms with E-state index in [1.807, 2.05) is 13.8 Å². The molecule has 1 amide bonds. The summed E-state index contributed by atoms with van der Waals surface area (Å²) in [7, 11) is 0. The summed E-state index contributed by atoms with van der Waals surface area (Å²) in [6.07, 6.45) is 3.00. The van der Waals surface area contributed by atoms with Gasteiger partial charge in [-0.2, -0.15) is 0 Å². The molecule has 0 aliphatic carbocycles.